The molecular weight excluding hydrogens is 278 g/mol. The van der Waals surface area contributed by atoms with Crippen LogP contribution in [0, 0.1) is 10.1 Å². The van der Waals surface area contributed by atoms with Gasteiger partial charge in [-0.25, -0.2) is 4.57 Å². The molecule has 1 aliphatic rings. The average molecular weight is 295 g/mol. The molecular formula is C12H17N5O4. The molecule has 1 aliphatic heterocycles. The van der Waals surface area contributed by atoms with Gasteiger partial charge in [-0.2, -0.15) is 0 Å². The van der Waals surface area contributed by atoms with Gasteiger partial charge in [-0.3, -0.25) is 9.59 Å². The molecule has 1 atom stereocenters. The summed E-state index contributed by atoms with van der Waals surface area (Å²) in [5.41, 5.74) is 0.192. The zero-order chi connectivity index (χ0) is 15.6. The van der Waals surface area contributed by atoms with Crippen LogP contribution in [0.5, 0.6) is 0 Å². The highest BCUT2D eigenvalue weighted by Crippen LogP contribution is 2.18. The molecule has 0 aliphatic carbocycles. The van der Waals surface area contributed by atoms with E-state index in [0.717, 1.165) is 0 Å². The van der Waals surface area contributed by atoms with Crippen LogP contribution >= 0.6 is 0 Å². The third kappa shape index (κ3) is 2.72. The maximum Gasteiger partial charge on any atom is 0.323 e. The number of nitrogens with zero attached hydrogens (tertiary/aromatic N) is 3. The Labute approximate surface area is 121 Å². The Hall–Kier alpha value is -2.42. The molecule has 2 amide bonds. The van der Waals surface area contributed by atoms with Crippen molar-refractivity contribution in [3.63, 3.8) is 0 Å². The fraction of sp³-hybridized carbons (Fsp3) is 0.500. The van der Waals surface area contributed by atoms with Crippen LogP contribution in [0.3, 0.4) is 0 Å². The second kappa shape index (κ2) is 5.92. The molecule has 0 saturated carbocycles. The number of hydrogen-bond acceptors (Lipinski definition) is 5. The summed E-state index contributed by atoms with van der Waals surface area (Å²) in [5, 5.41) is 16.4. The van der Waals surface area contributed by atoms with Crippen LogP contribution in [0.4, 0.5) is 5.82 Å². The van der Waals surface area contributed by atoms with Gasteiger partial charge in [-0.15, -0.1) is 0 Å². The second-order valence-electron chi connectivity index (χ2n) is 4.73. The third-order valence-corrected chi connectivity index (χ3v) is 3.55. The minimum atomic E-state index is -0.620. The van der Waals surface area contributed by atoms with Gasteiger partial charge in [0.25, 0.3) is 5.91 Å². The smallest absolute Gasteiger partial charge is 0.323 e. The van der Waals surface area contributed by atoms with Gasteiger partial charge in [-0.05, 0) is 11.0 Å². The van der Waals surface area contributed by atoms with E-state index < -0.39 is 11.0 Å². The van der Waals surface area contributed by atoms with E-state index >= 15 is 0 Å². The van der Waals surface area contributed by atoms with E-state index in [4.69, 9.17) is 0 Å². The van der Waals surface area contributed by atoms with Crippen LogP contribution in [-0.4, -0.2) is 58.9 Å². The number of carbonyl (C=O) groups excluding carboxylic acids is 2. The summed E-state index contributed by atoms with van der Waals surface area (Å²) in [6, 6.07) is 2.07. The molecule has 2 rings (SSSR count). The fourth-order valence-electron chi connectivity index (χ4n) is 2.39. The van der Waals surface area contributed by atoms with Crippen LogP contribution in [0.25, 0.3) is 0 Å². The van der Waals surface area contributed by atoms with Crippen molar-refractivity contribution in [3.8, 4) is 0 Å². The van der Waals surface area contributed by atoms with Crippen LogP contribution in [0.1, 0.15) is 10.5 Å². The Balaban J connectivity index is 2.29. The van der Waals surface area contributed by atoms with Crippen molar-refractivity contribution >= 4 is 17.6 Å². The van der Waals surface area contributed by atoms with E-state index in [1.807, 2.05) is 0 Å². The maximum atomic E-state index is 12.6. The molecule has 1 unspecified atom stereocenters. The van der Waals surface area contributed by atoms with Gasteiger partial charge in [0.2, 0.25) is 5.91 Å². The van der Waals surface area contributed by atoms with Crippen LogP contribution in [0.2, 0.25) is 0 Å². The lowest BCUT2D eigenvalue weighted by molar-refractivity contribution is -0.391. The molecule has 2 heterocycles. The third-order valence-electron chi connectivity index (χ3n) is 3.55. The van der Waals surface area contributed by atoms with Gasteiger partial charge in [0.05, 0.1) is 7.05 Å². The van der Waals surface area contributed by atoms with Gasteiger partial charge < -0.3 is 25.6 Å². The first-order valence-corrected chi connectivity index (χ1v) is 6.50. The highest BCUT2D eigenvalue weighted by Gasteiger charge is 2.35. The molecule has 2 N–H and O–H groups in total. The predicted octanol–water partition coefficient (Wildman–Crippen LogP) is -0.907. The van der Waals surface area contributed by atoms with Gasteiger partial charge in [0.15, 0.2) is 5.69 Å². The number of nitrogens with one attached hydrogen (secondary N) is 2. The number of nitro groups is 1. The largest absolute Gasteiger partial charge is 0.358 e. The monoisotopic (exact) mass is 295 g/mol. The lowest BCUT2D eigenvalue weighted by Crippen LogP contribution is -2.59. The summed E-state index contributed by atoms with van der Waals surface area (Å²) in [4.78, 5) is 36.1. The summed E-state index contributed by atoms with van der Waals surface area (Å²) in [6.45, 7) is 1.31. The van der Waals surface area contributed by atoms with E-state index in [1.165, 1.54) is 35.7 Å². The predicted molar refractivity (Wildman–Crippen MR) is 73.8 cm³/mol. The first kappa shape index (κ1) is 15.0. The fourth-order valence-corrected chi connectivity index (χ4v) is 2.39. The lowest BCUT2D eigenvalue weighted by Gasteiger charge is -2.34. The molecule has 1 aromatic rings. The summed E-state index contributed by atoms with van der Waals surface area (Å²) < 4.78 is 1.23. The molecule has 0 bridgehead atoms. The summed E-state index contributed by atoms with van der Waals surface area (Å²) in [7, 11) is 2.97. The average Bonchev–Trinajstić information content (AvgIpc) is 2.87. The van der Waals surface area contributed by atoms with Crippen molar-refractivity contribution in [1.29, 1.82) is 0 Å². The maximum absolute atomic E-state index is 12.6. The van der Waals surface area contributed by atoms with Crippen molar-refractivity contribution < 1.29 is 14.5 Å². The molecule has 0 spiro atoms. The van der Waals surface area contributed by atoms with Crippen LogP contribution in [0.15, 0.2) is 12.1 Å². The minimum absolute atomic E-state index is 0.162. The number of amides is 2. The zero-order valence-electron chi connectivity index (χ0n) is 11.8. The number of hydrogen-bond donors (Lipinski definition) is 2. The number of likely N-dealkylation sites (N-methyl/N-ethyl adjacent to an activating group) is 1. The van der Waals surface area contributed by atoms with E-state index in [0.29, 0.717) is 19.6 Å². The SMILES string of the molecule is CNC(=O)C1CNCCN1C(=O)c1ccc([N+](=O)[O-])n1C. The van der Waals surface area contributed by atoms with E-state index in [-0.39, 0.29) is 23.3 Å². The normalized spacial score (nSPS) is 18.4. The molecule has 1 fully saturated rings. The van der Waals surface area contributed by atoms with Gasteiger partial charge >= 0.3 is 5.82 Å². The zero-order valence-corrected chi connectivity index (χ0v) is 11.8. The van der Waals surface area contributed by atoms with Crippen molar-refractivity contribution in [2.45, 2.75) is 6.04 Å². The molecule has 1 saturated heterocycles. The number of rotatable bonds is 3. The molecule has 0 radical (unpaired) electrons. The Morgan fingerprint density at radius 2 is 2.19 bits per heavy atom. The molecule has 21 heavy (non-hydrogen) atoms. The Bertz CT molecular complexity index is 582. The molecule has 9 heteroatoms. The Morgan fingerprint density at radius 3 is 2.76 bits per heavy atom. The van der Waals surface area contributed by atoms with E-state index in [2.05, 4.69) is 10.6 Å². The first-order chi connectivity index (χ1) is 9.97. The molecule has 0 aromatic carbocycles. The summed E-state index contributed by atoms with van der Waals surface area (Å²) in [6.07, 6.45) is 0. The van der Waals surface area contributed by atoms with Gasteiger partial charge in [-0.1, -0.05) is 0 Å². The van der Waals surface area contributed by atoms with Crippen molar-refractivity contribution in [2.24, 2.45) is 7.05 Å². The Morgan fingerprint density at radius 1 is 1.48 bits per heavy atom. The van der Waals surface area contributed by atoms with Gasteiger partial charge in [0.1, 0.15) is 6.04 Å². The number of aromatic nitrogens is 1. The van der Waals surface area contributed by atoms with Crippen LogP contribution < -0.4 is 10.6 Å². The van der Waals surface area contributed by atoms with Crippen molar-refractivity contribution in [2.75, 3.05) is 26.7 Å². The second-order valence-corrected chi connectivity index (χ2v) is 4.73. The molecule has 1 aromatic heterocycles. The Kier molecular flexibility index (Phi) is 4.22. The lowest BCUT2D eigenvalue weighted by atomic mass is 10.1. The number of carbonyl (C=O) groups is 2. The summed E-state index contributed by atoms with van der Waals surface area (Å²) in [5.74, 6) is -0.815. The van der Waals surface area contributed by atoms with Crippen molar-refractivity contribution in [1.82, 2.24) is 20.1 Å². The minimum Gasteiger partial charge on any atom is -0.358 e. The topological polar surface area (TPSA) is 110 Å². The summed E-state index contributed by atoms with van der Waals surface area (Å²) >= 11 is 0. The quantitative estimate of drug-likeness (QED) is 0.554. The van der Waals surface area contributed by atoms with Crippen LogP contribution in [-0.2, 0) is 11.8 Å². The van der Waals surface area contributed by atoms with E-state index in [9.17, 15) is 19.7 Å². The van der Waals surface area contributed by atoms with Crippen molar-refractivity contribution in [3.05, 3.63) is 27.9 Å². The standard InChI is InChI=1S/C12H17N5O4/c1-13-11(18)9-7-14-5-6-16(9)12(19)8-3-4-10(15(8)2)17(20)21/h3-4,9,14H,5-7H2,1-2H3,(H,13,18). The first-order valence-electron chi connectivity index (χ1n) is 6.50. The molecule has 114 valence electrons. The molecule has 9 nitrogen and oxygen atoms in total. The van der Waals surface area contributed by atoms with Gasteiger partial charge in [0, 0.05) is 32.7 Å². The van der Waals surface area contributed by atoms with E-state index in [1.54, 1.807) is 0 Å². The highest BCUT2D eigenvalue weighted by molar-refractivity contribution is 5.97. The number of piperazine rings is 1. The highest BCUT2D eigenvalue weighted by atomic mass is 16.6.